The molecule has 0 radical (unpaired) electrons. The van der Waals surface area contributed by atoms with Crippen molar-refractivity contribution in [2.24, 2.45) is 0 Å². The lowest BCUT2D eigenvalue weighted by Gasteiger charge is -2.10. The zero-order valence-corrected chi connectivity index (χ0v) is 19.3. The summed E-state index contributed by atoms with van der Waals surface area (Å²) in [4.78, 5) is 44.9. The number of methoxy groups -OCH3 is 1. The second-order valence-corrected chi connectivity index (χ2v) is 7.76. The van der Waals surface area contributed by atoms with Gasteiger partial charge in [-0.1, -0.05) is 0 Å². The number of hydrogen-bond donors (Lipinski definition) is 2. The Hall–Kier alpha value is -5.19. The maximum Gasteiger partial charge on any atom is 0.333 e. The van der Waals surface area contributed by atoms with E-state index >= 15 is 0 Å². The van der Waals surface area contributed by atoms with Crippen LogP contribution in [0, 0.1) is 6.92 Å². The lowest BCUT2D eigenvalue weighted by molar-refractivity contribution is 0.102. The highest BCUT2D eigenvalue weighted by Crippen LogP contribution is 2.24. The summed E-state index contributed by atoms with van der Waals surface area (Å²) in [5.41, 5.74) is 0.538. The molecule has 5 rings (SSSR count). The van der Waals surface area contributed by atoms with E-state index in [2.05, 4.69) is 20.4 Å². The number of amides is 1. The number of aryl methyl sites for hydroxylation is 1. The van der Waals surface area contributed by atoms with E-state index < -0.39 is 17.2 Å². The van der Waals surface area contributed by atoms with E-state index in [9.17, 15) is 14.4 Å². The van der Waals surface area contributed by atoms with Crippen LogP contribution in [0.2, 0.25) is 0 Å². The van der Waals surface area contributed by atoms with Gasteiger partial charge in [-0.05, 0) is 55.5 Å². The van der Waals surface area contributed by atoms with Gasteiger partial charge >= 0.3 is 5.69 Å². The molecule has 1 amide bonds. The van der Waals surface area contributed by atoms with Crippen LogP contribution >= 0.6 is 0 Å². The van der Waals surface area contributed by atoms with Gasteiger partial charge in [0.05, 0.1) is 19.0 Å². The highest BCUT2D eigenvalue weighted by atomic mass is 16.5. The molecule has 0 spiro atoms. The summed E-state index contributed by atoms with van der Waals surface area (Å²) < 4.78 is 13.5. The van der Waals surface area contributed by atoms with Crippen LogP contribution in [-0.4, -0.2) is 37.2 Å². The molecule has 2 N–H and O–H groups in total. The molecule has 0 bridgehead atoms. The van der Waals surface area contributed by atoms with Gasteiger partial charge in [0.25, 0.3) is 11.5 Å². The van der Waals surface area contributed by atoms with Crippen LogP contribution in [0.4, 0.5) is 5.69 Å². The summed E-state index contributed by atoms with van der Waals surface area (Å²) in [6.07, 6.45) is 2.73. The van der Waals surface area contributed by atoms with E-state index in [1.807, 2.05) is 6.92 Å². The predicted molar refractivity (Wildman–Crippen MR) is 131 cm³/mol. The second-order valence-electron chi connectivity index (χ2n) is 7.76. The van der Waals surface area contributed by atoms with Gasteiger partial charge in [-0.2, -0.15) is 9.61 Å². The van der Waals surface area contributed by atoms with E-state index in [0.29, 0.717) is 34.4 Å². The van der Waals surface area contributed by atoms with Crippen molar-refractivity contribution >= 4 is 17.2 Å². The molecule has 11 heteroatoms. The molecule has 180 valence electrons. The predicted octanol–water partition coefficient (Wildman–Crippen LogP) is 2.93. The van der Waals surface area contributed by atoms with Crippen LogP contribution in [0.15, 0.2) is 82.6 Å². The smallest absolute Gasteiger partial charge is 0.333 e. The van der Waals surface area contributed by atoms with Crippen LogP contribution < -0.4 is 26.0 Å². The van der Waals surface area contributed by atoms with Crippen LogP contribution in [-0.2, 0) is 0 Å². The van der Waals surface area contributed by atoms with Gasteiger partial charge in [-0.15, -0.1) is 0 Å². The minimum atomic E-state index is -0.752. The third-order valence-corrected chi connectivity index (χ3v) is 5.34. The summed E-state index contributed by atoms with van der Waals surface area (Å²) in [7, 11) is 1.51. The molecule has 0 unspecified atom stereocenters. The van der Waals surface area contributed by atoms with Gasteiger partial charge in [0.1, 0.15) is 17.1 Å². The zero-order valence-electron chi connectivity index (χ0n) is 19.3. The van der Waals surface area contributed by atoms with Crippen molar-refractivity contribution in [3.8, 4) is 23.1 Å². The van der Waals surface area contributed by atoms with Gasteiger partial charge in [0, 0.05) is 29.7 Å². The number of fused-ring (bicyclic) bond motifs is 1. The van der Waals surface area contributed by atoms with Crippen LogP contribution in [0.25, 0.3) is 11.3 Å². The molecular formula is C25H20N6O5. The number of aromatic amines is 1. The molecule has 0 saturated heterocycles. The molecule has 0 aliphatic rings. The van der Waals surface area contributed by atoms with Crippen molar-refractivity contribution < 1.29 is 14.3 Å². The van der Waals surface area contributed by atoms with Crippen molar-refractivity contribution in [3.63, 3.8) is 0 Å². The van der Waals surface area contributed by atoms with E-state index in [4.69, 9.17) is 9.47 Å². The Morgan fingerprint density at radius 3 is 2.44 bits per heavy atom. The standard InChI is InChI=1S/C25H20N6O5/c1-15-13-22(31-21(28-15)11-12-27-31)36-19-7-3-16(4-8-19)29-23(32)20-14-26-25(34)30(24(20)33)17-5-9-18(35-2)10-6-17/h3-14H,1-2H3,(H,26,34)(H,29,32). The quantitative estimate of drug-likeness (QED) is 0.379. The lowest BCUT2D eigenvalue weighted by Crippen LogP contribution is -2.38. The van der Waals surface area contributed by atoms with Gasteiger partial charge in [-0.25, -0.2) is 14.3 Å². The Bertz CT molecular complexity index is 1680. The molecule has 3 heterocycles. The average Bonchev–Trinajstić information content (AvgIpc) is 3.34. The number of anilines is 1. The monoisotopic (exact) mass is 484 g/mol. The number of carbonyl (C=O) groups is 1. The summed E-state index contributed by atoms with van der Waals surface area (Å²) >= 11 is 0. The molecule has 2 aromatic carbocycles. The summed E-state index contributed by atoms with van der Waals surface area (Å²) in [5.74, 6) is 0.903. The number of nitrogens with zero attached hydrogens (tertiary/aromatic N) is 4. The maximum absolute atomic E-state index is 13.0. The Kier molecular flexibility index (Phi) is 5.79. The summed E-state index contributed by atoms with van der Waals surface area (Å²) in [6, 6.07) is 16.5. The molecule has 0 fully saturated rings. The first-order valence-corrected chi connectivity index (χ1v) is 10.8. The Balaban J connectivity index is 1.36. The van der Waals surface area contributed by atoms with Crippen LogP contribution in [0.1, 0.15) is 16.1 Å². The van der Waals surface area contributed by atoms with Crippen LogP contribution in [0.5, 0.6) is 17.4 Å². The average molecular weight is 484 g/mol. The fourth-order valence-electron chi connectivity index (χ4n) is 3.60. The topological polar surface area (TPSA) is 133 Å². The van der Waals surface area contributed by atoms with Crippen molar-refractivity contribution in [2.45, 2.75) is 6.92 Å². The first-order valence-electron chi connectivity index (χ1n) is 10.8. The van der Waals surface area contributed by atoms with Gasteiger partial charge in [-0.3, -0.25) is 9.59 Å². The maximum atomic E-state index is 13.0. The number of benzene rings is 2. The Morgan fingerprint density at radius 2 is 1.72 bits per heavy atom. The number of hydrogen-bond acceptors (Lipinski definition) is 7. The van der Waals surface area contributed by atoms with E-state index in [-0.39, 0.29) is 5.56 Å². The number of aromatic nitrogens is 5. The molecule has 3 aromatic heterocycles. The largest absolute Gasteiger partial charge is 0.497 e. The van der Waals surface area contributed by atoms with E-state index in [0.717, 1.165) is 16.5 Å². The third kappa shape index (κ3) is 4.32. The van der Waals surface area contributed by atoms with Crippen molar-refractivity contribution in [1.82, 2.24) is 24.1 Å². The van der Waals surface area contributed by atoms with E-state index in [1.54, 1.807) is 71.4 Å². The lowest BCUT2D eigenvalue weighted by atomic mass is 10.2. The fraction of sp³-hybridized carbons (Fsp3) is 0.0800. The highest BCUT2D eigenvalue weighted by Gasteiger charge is 2.16. The summed E-state index contributed by atoms with van der Waals surface area (Å²) in [6.45, 7) is 1.86. The minimum Gasteiger partial charge on any atom is -0.497 e. The zero-order chi connectivity index (χ0) is 25.2. The molecule has 11 nitrogen and oxygen atoms in total. The first kappa shape index (κ1) is 22.6. The van der Waals surface area contributed by atoms with Crippen molar-refractivity contribution in [3.05, 3.63) is 105 Å². The minimum absolute atomic E-state index is 0.223. The fourth-order valence-corrected chi connectivity index (χ4v) is 3.60. The van der Waals surface area contributed by atoms with Crippen molar-refractivity contribution in [2.75, 3.05) is 12.4 Å². The second kappa shape index (κ2) is 9.22. The third-order valence-electron chi connectivity index (χ3n) is 5.34. The number of H-pyrrole nitrogens is 1. The molecule has 0 saturated carbocycles. The highest BCUT2D eigenvalue weighted by molar-refractivity contribution is 6.03. The molecule has 0 aliphatic carbocycles. The molecule has 0 aliphatic heterocycles. The normalized spacial score (nSPS) is 10.8. The molecule has 0 atom stereocenters. The molecular weight excluding hydrogens is 464 g/mol. The van der Waals surface area contributed by atoms with Gasteiger partial charge in [0.2, 0.25) is 5.88 Å². The number of carbonyl (C=O) groups excluding carboxylic acids is 1. The van der Waals surface area contributed by atoms with E-state index in [1.165, 1.54) is 7.11 Å². The van der Waals surface area contributed by atoms with Crippen LogP contribution in [0.3, 0.4) is 0 Å². The van der Waals surface area contributed by atoms with Gasteiger partial charge in [0.15, 0.2) is 5.65 Å². The number of rotatable bonds is 6. The molecule has 36 heavy (non-hydrogen) atoms. The first-order chi connectivity index (χ1) is 17.4. The Morgan fingerprint density at radius 1 is 1.00 bits per heavy atom. The van der Waals surface area contributed by atoms with Gasteiger partial charge < -0.3 is 19.8 Å². The summed E-state index contributed by atoms with van der Waals surface area (Å²) in [5, 5.41) is 6.87. The number of nitrogens with one attached hydrogen (secondary N) is 2. The molecule has 5 aromatic rings. The number of ether oxygens (including phenoxy) is 2. The Labute approximate surface area is 203 Å². The van der Waals surface area contributed by atoms with Crippen molar-refractivity contribution in [1.29, 1.82) is 0 Å². The SMILES string of the molecule is COc1ccc(-n2c(=O)[nH]cc(C(=O)Nc3ccc(Oc4cc(C)nc5ccnn45)cc3)c2=O)cc1.